The molecule has 2 aromatic heterocycles. The summed E-state index contributed by atoms with van der Waals surface area (Å²) in [7, 11) is 1.79. The summed E-state index contributed by atoms with van der Waals surface area (Å²) in [6, 6.07) is 15.6. The number of aromatic nitrogens is 3. The topological polar surface area (TPSA) is 59.0 Å². The normalized spacial score (nSPS) is 12.7. The third-order valence-electron chi connectivity index (χ3n) is 4.46. The highest BCUT2D eigenvalue weighted by molar-refractivity contribution is 7.18. The predicted octanol–water partition coefficient (Wildman–Crippen LogP) is 4.47. The molecule has 0 aliphatic rings. The van der Waals surface area contributed by atoms with Crippen LogP contribution in [0.3, 0.4) is 0 Å². The minimum Gasteiger partial charge on any atom is -0.333 e. The fraction of sp³-hybridized carbons (Fsp3) is 0.143. The number of likely N-dealkylation sites (N-methyl/N-ethyl adjacent to an activating group) is 1. The van der Waals surface area contributed by atoms with E-state index in [0.717, 1.165) is 26.3 Å². The summed E-state index contributed by atoms with van der Waals surface area (Å²) in [5, 5.41) is 0.922. The Labute approximate surface area is 161 Å². The first-order valence-corrected chi connectivity index (χ1v) is 9.45. The first-order chi connectivity index (χ1) is 13.1. The van der Waals surface area contributed by atoms with Gasteiger partial charge in [0.1, 0.15) is 5.01 Å². The second-order valence-electron chi connectivity index (χ2n) is 6.26. The van der Waals surface area contributed by atoms with E-state index in [9.17, 15) is 4.79 Å². The van der Waals surface area contributed by atoms with Crippen molar-refractivity contribution in [2.24, 2.45) is 0 Å². The van der Waals surface area contributed by atoms with Crippen LogP contribution in [0, 0.1) is 0 Å². The molecule has 1 atom stereocenters. The molecular weight excluding hydrogens is 356 g/mol. The molecule has 0 bridgehead atoms. The van der Waals surface area contributed by atoms with Crippen LogP contribution in [0.4, 0.5) is 0 Å². The number of carbonyl (C=O) groups excluding carboxylic acids is 1. The first kappa shape index (κ1) is 17.3. The molecule has 0 unspecified atom stereocenters. The molecule has 134 valence electrons. The van der Waals surface area contributed by atoms with Gasteiger partial charge in [0.25, 0.3) is 0 Å². The third kappa shape index (κ3) is 3.57. The number of rotatable bonds is 4. The molecule has 4 rings (SSSR count). The van der Waals surface area contributed by atoms with E-state index >= 15 is 0 Å². The van der Waals surface area contributed by atoms with E-state index in [-0.39, 0.29) is 11.9 Å². The van der Waals surface area contributed by atoms with Crippen molar-refractivity contribution in [1.82, 2.24) is 19.9 Å². The number of thiazole rings is 1. The molecule has 0 fully saturated rings. The molecule has 0 saturated carbocycles. The maximum Gasteiger partial charge on any atom is 0.246 e. The summed E-state index contributed by atoms with van der Waals surface area (Å²) in [4.78, 5) is 27.8. The Kier molecular flexibility index (Phi) is 4.64. The largest absolute Gasteiger partial charge is 0.333 e. The predicted molar refractivity (Wildman–Crippen MR) is 109 cm³/mol. The van der Waals surface area contributed by atoms with Crippen LogP contribution in [-0.2, 0) is 4.79 Å². The van der Waals surface area contributed by atoms with E-state index in [1.165, 1.54) is 6.08 Å². The second-order valence-corrected chi connectivity index (χ2v) is 7.32. The molecule has 5 nitrogen and oxygen atoms in total. The number of hydrogen-bond acceptors (Lipinski definition) is 5. The van der Waals surface area contributed by atoms with Crippen LogP contribution >= 0.6 is 11.3 Å². The molecule has 2 aromatic carbocycles. The van der Waals surface area contributed by atoms with Crippen molar-refractivity contribution in [3.63, 3.8) is 0 Å². The smallest absolute Gasteiger partial charge is 0.246 e. The molecule has 0 spiro atoms. The monoisotopic (exact) mass is 374 g/mol. The molecule has 6 heteroatoms. The number of hydrogen-bond donors (Lipinski definition) is 0. The number of benzene rings is 2. The lowest BCUT2D eigenvalue weighted by Gasteiger charge is -2.21. The lowest BCUT2D eigenvalue weighted by molar-refractivity contribution is -0.126. The van der Waals surface area contributed by atoms with E-state index in [1.807, 2.05) is 55.5 Å². The molecule has 0 aliphatic carbocycles. The van der Waals surface area contributed by atoms with Gasteiger partial charge in [-0.05, 0) is 37.3 Å². The number of nitrogens with zero attached hydrogens (tertiary/aromatic N) is 4. The molecular formula is C21H18N4OS. The van der Waals surface area contributed by atoms with E-state index < -0.39 is 0 Å². The van der Waals surface area contributed by atoms with Gasteiger partial charge in [-0.15, -0.1) is 11.3 Å². The van der Waals surface area contributed by atoms with Crippen LogP contribution in [0.25, 0.3) is 27.3 Å². The van der Waals surface area contributed by atoms with Gasteiger partial charge in [-0.2, -0.15) is 0 Å². The lowest BCUT2D eigenvalue weighted by atomic mass is 10.2. The van der Waals surface area contributed by atoms with Gasteiger partial charge in [0.15, 0.2) is 0 Å². The zero-order chi connectivity index (χ0) is 18.8. The minimum atomic E-state index is -0.109. The van der Waals surface area contributed by atoms with Gasteiger partial charge in [0.05, 0.1) is 39.2 Å². The Balaban J connectivity index is 1.51. The zero-order valence-electron chi connectivity index (χ0n) is 15.0. The number of carbonyl (C=O) groups is 1. The molecule has 0 N–H and O–H groups in total. The number of para-hydroxylation sites is 3. The van der Waals surface area contributed by atoms with E-state index in [0.29, 0.717) is 5.69 Å². The van der Waals surface area contributed by atoms with Crippen LogP contribution in [0.15, 0.2) is 60.8 Å². The average Bonchev–Trinajstić information content (AvgIpc) is 3.15. The Bertz CT molecular complexity index is 1120. The summed E-state index contributed by atoms with van der Waals surface area (Å²) in [5.74, 6) is -0.100. The van der Waals surface area contributed by atoms with Crippen LogP contribution in [0.1, 0.15) is 23.7 Å². The Morgan fingerprint density at radius 1 is 1.04 bits per heavy atom. The third-order valence-corrected chi connectivity index (χ3v) is 5.67. The highest BCUT2D eigenvalue weighted by Crippen LogP contribution is 2.28. The number of fused-ring (bicyclic) bond motifs is 2. The maximum absolute atomic E-state index is 12.6. The maximum atomic E-state index is 12.6. The van der Waals surface area contributed by atoms with Crippen molar-refractivity contribution >= 4 is 44.6 Å². The molecule has 2 heterocycles. The van der Waals surface area contributed by atoms with Crippen LogP contribution in [-0.4, -0.2) is 32.8 Å². The van der Waals surface area contributed by atoms with Crippen molar-refractivity contribution in [2.75, 3.05) is 7.05 Å². The number of amides is 1. The molecule has 4 aromatic rings. The van der Waals surface area contributed by atoms with Crippen molar-refractivity contribution in [3.05, 3.63) is 71.5 Å². The fourth-order valence-corrected chi connectivity index (χ4v) is 3.81. The van der Waals surface area contributed by atoms with Gasteiger partial charge >= 0.3 is 0 Å². The molecule has 0 aliphatic heterocycles. The second kappa shape index (κ2) is 7.25. The summed E-state index contributed by atoms with van der Waals surface area (Å²) < 4.78 is 1.13. The van der Waals surface area contributed by atoms with E-state index in [1.54, 1.807) is 35.6 Å². The van der Waals surface area contributed by atoms with Crippen molar-refractivity contribution in [3.8, 4) is 0 Å². The van der Waals surface area contributed by atoms with Gasteiger partial charge in [-0.1, -0.05) is 24.3 Å². The van der Waals surface area contributed by atoms with Crippen LogP contribution < -0.4 is 0 Å². The van der Waals surface area contributed by atoms with Gasteiger partial charge < -0.3 is 4.90 Å². The van der Waals surface area contributed by atoms with Gasteiger partial charge in [0, 0.05) is 13.1 Å². The molecule has 0 radical (unpaired) electrons. The summed E-state index contributed by atoms with van der Waals surface area (Å²) in [6.45, 7) is 1.99. The van der Waals surface area contributed by atoms with Gasteiger partial charge in [0.2, 0.25) is 5.91 Å². The summed E-state index contributed by atoms with van der Waals surface area (Å²) >= 11 is 1.62. The van der Waals surface area contributed by atoms with Crippen molar-refractivity contribution < 1.29 is 4.79 Å². The Morgan fingerprint density at radius 3 is 2.52 bits per heavy atom. The quantitative estimate of drug-likeness (QED) is 0.495. The summed E-state index contributed by atoms with van der Waals surface area (Å²) in [5.41, 5.74) is 3.26. The fourth-order valence-electron chi connectivity index (χ4n) is 2.75. The Hall–Kier alpha value is -3.12. The van der Waals surface area contributed by atoms with Gasteiger partial charge in [-0.25, -0.2) is 9.97 Å². The van der Waals surface area contributed by atoms with E-state index in [4.69, 9.17) is 0 Å². The zero-order valence-corrected chi connectivity index (χ0v) is 15.9. The molecule has 0 saturated heterocycles. The first-order valence-electron chi connectivity index (χ1n) is 8.64. The standard InChI is InChI=1S/C21H18N4OS/c1-14(21-24-18-9-5-6-10-19(18)27-21)25(2)20(26)12-11-15-13-22-16-7-3-4-8-17(16)23-15/h3-14H,1-2H3/b12-11-/t14-/m0/s1. The van der Waals surface area contributed by atoms with Crippen molar-refractivity contribution in [2.45, 2.75) is 13.0 Å². The Morgan fingerprint density at radius 2 is 1.74 bits per heavy atom. The highest BCUT2D eigenvalue weighted by Gasteiger charge is 2.19. The minimum absolute atomic E-state index is 0.100. The average molecular weight is 374 g/mol. The highest BCUT2D eigenvalue weighted by atomic mass is 32.1. The SMILES string of the molecule is C[C@@H](c1nc2ccccc2s1)N(C)C(=O)/C=C\c1cnc2ccccc2n1. The van der Waals surface area contributed by atoms with Crippen molar-refractivity contribution in [1.29, 1.82) is 0 Å². The molecule has 27 heavy (non-hydrogen) atoms. The van der Waals surface area contributed by atoms with Gasteiger partial charge in [-0.3, -0.25) is 9.78 Å². The molecule has 1 amide bonds. The summed E-state index contributed by atoms with van der Waals surface area (Å²) in [6.07, 6.45) is 4.90. The van der Waals surface area contributed by atoms with Crippen LogP contribution in [0.2, 0.25) is 0 Å². The lowest BCUT2D eigenvalue weighted by Crippen LogP contribution is -2.27. The van der Waals surface area contributed by atoms with Crippen LogP contribution in [0.5, 0.6) is 0 Å². The van der Waals surface area contributed by atoms with E-state index in [2.05, 4.69) is 15.0 Å².